The third kappa shape index (κ3) is 4.37. The Labute approximate surface area is 152 Å². The Morgan fingerprint density at radius 2 is 2.00 bits per heavy atom. The van der Waals surface area contributed by atoms with Gasteiger partial charge in [-0.05, 0) is 29.8 Å². The van der Waals surface area contributed by atoms with E-state index in [-0.39, 0.29) is 12.2 Å². The quantitative estimate of drug-likeness (QED) is 0.851. The minimum atomic E-state index is -0.307. The van der Waals surface area contributed by atoms with Gasteiger partial charge in [-0.25, -0.2) is 0 Å². The normalized spacial score (nSPS) is 18.4. The van der Waals surface area contributed by atoms with Crippen LogP contribution in [0.3, 0.4) is 0 Å². The maximum atomic E-state index is 6.31. The average Bonchev–Trinajstić information content (AvgIpc) is 2.67. The van der Waals surface area contributed by atoms with E-state index >= 15 is 0 Å². The van der Waals surface area contributed by atoms with Crippen molar-refractivity contribution in [2.75, 3.05) is 33.9 Å². The van der Waals surface area contributed by atoms with Crippen molar-refractivity contribution in [1.82, 2.24) is 5.32 Å². The molecule has 1 N–H and O–H groups in total. The number of hydrogen-bond acceptors (Lipinski definition) is 5. The second kappa shape index (κ2) is 8.43. The zero-order valence-corrected chi connectivity index (χ0v) is 15.1. The molecule has 6 heteroatoms. The fourth-order valence-electron chi connectivity index (χ4n) is 2.83. The second-order valence-electron chi connectivity index (χ2n) is 5.72. The van der Waals surface area contributed by atoms with Crippen LogP contribution >= 0.6 is 11.6 Å². The number of methoxy groups -OCH3 is 2. The molecule has 1 fully saturated rings. The minimum Gasteiger partial charge on any atom is -0.497 e. The molecule has 1 unspecified atom stereocenters. The summed E-state index contributed by atoms with van der Waals surface area (Å²) in [4.78, 5) is 0. The molecule has 0 aliphatic carbocycles. The van der Waals surface area contributed by atoms with Gasteiger partial charge in [0.25, 0.3) is 0 Å². The van der Waals surface area contributed by atoms with E-state index in [1.54, 1.807) is 26.4 Å². The van der Waals surface area contributed by atoms with Crippen molar-refractivity contribution >= 4 is 11.6 Å². The number of benzene rings is 2. The fraction of sp³-hybridized carbons (Fsp3) is 0.368. The third-order valence-electron chi connectivity index (χ3n) is 4.10. The molecule has 0 amide bonds. The Balaban J connectivity index is 1.93. The lowest BCUT2D eigenvalue weighted by Crippen LogP contribution is -2.43. The van der Waals surface area contributed by atoms with Gasteiger partial charge in [0.05, 0.1) is 20.8 Å². The van der Waals surface area contributed by atoms with Crippen molar-refractivity contribution in [3.8, 4) is 17.2 Å². The first-order chi connectivity index (χ1) is 12.2. The van der Waals surface area contributed by atoms with E-state index in [1.165, 1.54) is 0 Å². The van der Waals surface area contributed by atoms with Crippen LogP contribution in [0.25, 0.3) is 0 Å². The van der Waals surface area contributed by atoms with E-state index < -0.39 is 0 Å². The average molecular weight is 364 g/mol. The predicted molar refractivity (Wildman–Crippen MR) is 97.0 cm³/mol. The van der Waals surface area contributed by atoms with Crippen LogP contribution < -0.4 is 19.5 Å². The van der Waals surface area contributed by atoms with E-state index in [9.17, 15) is 0 Å². The summed E-state index contributed by atoms with van der Waals surface area (Å²) in [5.74, 6) is 1.98. The van der Waals surface area contributed by atoms with Crippen molar-refractivity contribution in [2.24, 2.45) is 0 Å². The highest BCUT2D eigenvalue weighted by Crippen LogP contribution is 2.36. The monoisotopic (exact) mass is 363 g/mol. The van der Waals surface area contributed by atoms with Crippen molar-refractivity contribution in [2.45, 2.75) is 12.2 Å². The van der Waals surface area contributed by atoms with Crippen molar-refractivity contribution < 1.29 is 18.9 Å². The lowest BCUT2D eigenvalue weighted by molar-refractivity contribution is -0.0438. The van der Waals surface area contributed by atoms with E-state index in [4.69, 9.17) is 30.5 Å². The first kappa shape index (κ1) is 17.9. The molecule has 0 bridgehead atoms. The molecule has 134 valence electrons. The second-order valence-corrected chi connectivity index (χ2v) is 6.16. The highest BCUT2D eigenvalue weighted by atomic mass is 35.5. The fourth-order valence-corrected chi connectivity index (χ4v) is 2.99. The van der Waals surface area contributed by atoms with Gasteiger partial charge >= 0.3 is 0 Å². The number of rotatable bonds is 6. The van der Waals surface area contributed by atoms with Crippen LogP contribution in [0, 0.1) is 0 Å². The molecule has 0 spiro atoms. The molecular weight excluding hydrogens is 342 g/mol. The van der Waals surface area contributed by atoms with Gasteiger partial charge in [-0.15, -0.1) is 0 Å². The Morgan fingerprint density at radius 1 is 1.12 bits per heavy atom. The third-order valence-corrected chi connectivity index (χ3v) is 4.33. The summed E-state index contributed by atoms with van der Waals surface area (Å²) in [6, 6.07) is 13.1. The molecule has 2 aromatic carbocycles. The lowest BCUT2D eigenvalue weighted by Gasteiger charge is -2.32. The van der Waals surface area contributed by atoms with Crippen molar-refractivity contribution in [1.29, 1.82) is 0 Å². The molecule has 0 aromatic heterocycles. The highest BCUT2D eigenvalue weighted by Gasteiger charge is 2.29. The molecular formula is C19H22ClNO4. The SMILES string of the molecule is COc1cccc(C(Oc2ccc(Cl)cc2OC)[C@@H]2CNCCO2)c1. The van der Waals surface area contributed by atoms with E-state index in [1.807, 2.05) is 30.3 Å². The maximum Gasteiger partial charge on any atom is 0.162 e. The van der Waals surface area contributed by atoms with Crippen LogP contribution in [0.1, 0.15) is 11.7 Å². The standard InChI is InChI=1S/C19H22ClNO4/c1-22-15-5-3-4-13(10-15)19(18-12-21-8-9-24-18)25-16-7-6-14(20)11-17(16)23-2/h3-7,10-11,18-19,21H,8-9,12H2,1-2H3/t18-,19?/m0/s1. The van der Waals surface area contributed by atoms with Gasteiger partial charge < -0.3 is 24.3 Å². The van der Waals surface area contributed by atoms with Crippen LogP contribution in [0.2, 0.25) is 5.02 Å². The van der Waals surface area contributed by atoms with Crippen LogP contribution in [-0.4, -0.2) is 40.0 Å². The summed E-state index contributed by atoms with van der Waals surface area (Å²) < 4.78 is 23.0. The summed E-state index contributed by atoms with van der Waals surface area (Å²) in [6.07, 6.45) is -0.431. The molecule has 5 nitrogen and oxygen atoms in total. The van der Waals surface area contributed by atoms with Gasteiger partial charge in [0.1, 0.15) is 11.9 Å². The molecule has 1 aliphatic rings. The number of hydrogen-bond donors (Lipinski definition) is 1. The van der Waals surface area contributed by atoms with Crippen molar-refractivity contribution in [3.05, 3.63) is 53.1 Å². The van der Waals surface area contributed by atoms with Gasteiger partial charge in [0, 0.05) is 24.2 Å². The van der Waals surface area contributed by atoms with E-state index in [2.05, 4.69) is 5.32 Å². The summed E-state index contributed by atoms with van der Waals surface area (Å²) in [5, 5.41) is 3.94. The van der Waals surface area contributed by atoms with Gasteiger partial charge in [-0.2, -0.15) is 0 Å². The molecule has 25 heavy (non-hydrogen) atoms. The molecule has 3 rings (SSSR count). The molecule has 1 aliphatic heterocycles. The van der Waals surface area contributed by atoms with Gasteiger partial charge in [-0.1, -0.05) is 23.7 Å². The Hall–Kier alpha value is -1.95. The topological polar surface area (TPSA) is 49.0 Å². The number of halogens is 1. The summed E-state index contributed by atoms with van der Waals surface area (Å²) in [7, 11) is 3.24. The van der Waals surface area contributed by atoms with Crippen LogP contribution in [0.5, 0.6) is 17.2 Å². The zero-order valence-electron chi connectivity index (χ0n) is 14.3. The minimum absolute atomic E-state index is 0.124. The largest absolute Gasteiger partial charge is 0.497 e. The zero-order chi connectivity index (χ0) is 17.6. The van der Waals surface area contributed by atoms with Crippen LogP contribution in [0.15, 0.2) is 42.5 Å². The molecule has 0 saturated carbocycles. The maximum absolute atomic E-state index is 6.31. The smallest absolute Gasteiger partial charge is 0.162 e. The van der Waals surface area contributed by atoms with Gasteiger partial charge in [-0.3, -0.25) is 0 Å². The summed E-state index contributed by atoms with van der Waals surface area (Å²) in [5.41, 5.74) is 0.977. The molecule has 1 saturated heterocycles. The number of morpholine rings is 1. The Kier molecular flexibility index (Phi) is 6.02. The Bertz CT molecular complexity index is 704. The first-order valence-corrected chi connectivity index (χ1v) is 8.55. The van der Waals surface area contributed by atoms with Crippen molar-refractivity contribution in [3.63, 3.8) is 0 Å². The predicted octanol–water partition coefficient (Wildman–Crippen LogP) is 3.47. The van der Waals surface area contributed by atoms with E-state index in [0.29, 0.717) is 29.7 Å². The number of nitrogens with one attached hydrogen (secondary N) is 1. The van der Waals surface area contributed by atoms with E-state index in [0.717, 1.165) is 17.9 Å². The summed E-state index contributed by atoms with van der Waals surface area (Å²) in [6.45, 7) is 2.19. The molecule has 1 heterocycles. The number of ether oxygens (including phenoxy) is 4. The molecule has 2 atom stereocenters. The molecule has 2 aromatic rings. The van der Waals surface area contributed by atoms with Gasteiger partial charge in [0.15, 0.2) is 17.6 Å². The van der Waals surface area contributed by atoms with Gasteiger partial charge in [0.2, 0.25) is 0 Å². The van der Waals surface area contributed by atoms with Crippen LogP contribution in [-0.2, 0) is 4.74 Å². The molecule has 0 radical (unpaired) electrons. The van der Waals surface area contributed by atoms with Crippen LogP contribution in [0.4, 0.5) is 0 Å². The highest BCUT2D eigenvalue weighted by molar-refractivity contribution is 6.30. The Morgan fingerprint density at radius 3 is 2.72 bits per heavy atom. The summed E-state index contributed by atoms with van der Waals surface area (Å²) >= 11 is 6.05. The first-order valence-electron chi connectivity index (χ1n) is 8.17. The lowest BCUT2D eigenvalue weighted by atomic mass is 10.0.